The van der Waals surface area contributed by atoms with Crippen molar-refractivity contribution in [2.75, 3.05) is 7.11 Å². The molecule has 0 aliphatic heterocycles. The highest BCUT2D eigenvalue weighted by Crippen LogP contribution is 2.47. The van der Waals surface area contributed by atoms with Gasteiger partial charge in [0.2, 0.25) is 0 Å². The van der Waals surface area contributed by atoms with Gasteiger partial charge in [-0.25, -0.2) is 4.79 Å². The van der Waals surface area contributed by atoms with Crippen LogP contribution in [0.1, 0.15) is 53.4 Å². The van der Waals surface area contributed by atoms with Crippen molar-refractivity contribution in [3.05, 3.63) is 0 Å². The number of hydrogen-bond donors (Lipinski definition) is 1. The summed E-state index contributed by atoms with van der Waals surface area (Å²) < 4.78 is 4.65. The number of esters is 1. The number of ether oxygens (including phenoxy) is 1. The van der Waals surface area contributed by atoms with Crippen LogP contribution in [-0.4, -0.2) is 24.3 Å². The number of carbonyl (C=O) groups is 1. The van der Waals surface area contributed by atoms with Crippen LogP contribution in [0.2, 0.25) is 0 Å². The van der Waals surface area contributed by atoms with E-state index in [4.69, 9.17) is 0 Å². The Bertz CT molecular complexity index is 281. The molecule has 1 N–H and O–H groups in total. The molecule has 2 atom stereocenters. The van der Waals surface area contributed by atoms with E-state index in [9.17, 15) is 9.90 Å². The van der Waals surface area contributed by atoms with Crippen molar-refractivity contribution in [1.29, 1.82) is 0 Å². The Morgan fingerprint density at radius 1 is 1.47 bits per heavy atom. The molecule has 2 unspecified atom stereocenters. The van der Waals surface area contributed by atoms with Crippen molar-refractivity contribution in [2.45, 2.75) is 59.5 Å². The molecule has 1 aliphatic carbocycles. The van der Waals surface area contributed by atoms with E-state index in [1.54, 1.807) is 0 Å². The molecular weight excluding hydrogens is 216 g/mol. The summed E-state index contributed by atoms with van der Waals surface area (Å²) in [4.78, 5) is 11.5. The fraction of sp³-hybridized carbons (Fsp3) is 0.929. The van der Waals surface area contributed by atoms with Crippen molar-refractivity contribution < 1.29 is 14.6 Å². The molecule has 0 aromatic heterocycles. The molecule has 0 radical (unpaired) electrons. The number of carbonyl (C=O) groups excluding carboxylic acids is 1. The molecule has 0 heterocycles. The number of hydrogen-bond acceptors (Lipinski definition) is 3. The van der Waals surface area contributed by atoms with E-state index in [2.05, 4.69) is 18.6 Å². The van der Waals surface area contributed by atoms with Crippen molar-refractivity contribution in [2.24, 2.45) is 16.7 Å². The Morgan fingerprint density at radius 3 is 2.53 bits per heavy atom. The van der Waals surface area contributed by atoms with Crippen LogP contribution in [0.3, 0.4) is 0 Å². The van der Waals surface area contributed by atoms with E-state index in [0.29, 0.717) is 11.3 Å². The minimum absolute atomic E-state index is 0.316. The number of rotatable bonds is 3. The van der Waals surface area contributed by atoms with Crippen molar-refractivity contribution >= 4 is 5.97 Å². The van der Waals surface area contributed by atoms with Gasteiger partial charge in [0, 0.05) is 5.41 Å². The lowest BCUT2D eigenvalue weighted by Crippen LogP contribution is -2.45. The van der Waals surface area contributed by atoms with Gasteiger partial charge in [-0.2, -0.15) is 0 Å². The van der Waals surface area contributed by atoms with Crippen LogP contribution in [0.4, 0.5) is 0 Å². The van der Waals surface area contributed by atoms with E-state index in [0.717, 1.165) is 12.8 Å². The third-order valence-corrected chi connectivity index (χ3v) is 4.39. The Kier molecular flexibility index (Phi) is 4.23. The quantitative estimate of drug-likeness (QED) is 0.774. The SMILES string of the molecule is COC(=O)C(O)C(C)(C)C1CCCC(C)(C)C1. The normalized spacial score (nSPS) is 26.4. The highest BCUT2D eigenvalue weighted by Gasteiger charge is 2.44. The van der Waals surface area contributed by atoms with Crippen molar-refractivity contribution in [1.82, 2.24) is 0 Å². The third kappa shape index (κ3) is 3.21. The van der Waals surface area contributed by atoms with Crippen LogP contribution in [0.15, 0.2) is 0 Å². The van der Waals surface area contributed by atoms with Gasteiger partial charge in [0.15, 0.2) is 6.10 Å². The van der Waals surface area contributed by atoms with E-state index >= 15 is 0 Å². The first-order valence-corrected chi connectivity index (χ1v) is 6.46. The molecule has 0 spiro atoms. The molecular formula is C14H26O3. The molecule has 0 saturated heterocycles. The summed E-state index contributed by atoms with van der Waals surface area (Å²) in [6.07, 6.45) is 3.54. The summed E-state index contributed by atoms with van der Waals surface area (Å²) in [5.41, 5.74) is -0.0964. The molecule has 1 saturated carbocycles. The topological polar surface area (TPSA) is 46.5 Å². The molecule has 1 aliphatic rings. The average molecular weight is 242 g/mol. The van der Waals surface area contributed by atoms with Gasteiger partial charge in [-0.05, 0) is 30.6 Å². The predicted molar refractivity (Wildman–Crippen MR) is 67.5 cm³/mol. The Morgan fingerprint density at radius 2 is 2.06 bits per heavy atom. The maximum Gasteiger partial charge on any atom is 0.335 e. The minimum atomic E-state index is -1.02. The smallest absolute Gasteiger partial charge is 0.335 e. The van der Waals surface area contributed by atoms with E-state index in [1.165, 1.54) is 20.0 Å². The Hall–Kier alpha value is -0.570. The Labute approximate surface area is 105 Å². The zero-order valence-corrected chi connectivity index (χ0v) is 11.7. The van der Waals surface area contributed by atoms with Crippen molar-refractivity contribution in [3.8, 4) is 0 Å². The second-order valence-electron chi connectivity index (χ2n) is 6.70. The summed E-state index contributed by atoms with van der Waals surface area (Å²) in [7, 11) is 1.33. The van der Waals surface area contributed by atoms with Gasteiger partial charge in [0.05, 0.1) is 7.11 Å². The monoisotopic (exact) mass is 242 g/mol. The molecule has 0 bridgehead atoms. The van der Waals surface area contributed by atoms with Gasteiger partial charge in [-0.15, -0.1) is 0 Å². The lowest BCUT2D eigenvalue weighted by atomic mass is 9.61. The average Bonchev–Trinajstić information content (AvgIpc) is 2.25. The van der Waals surface area contributed by atoms with Crippen LogP contribution in [0.5, 0.6) is 0 Å². The van der Waals surface area contributed by atoms with Gasteiger partial charge in [-0.3, -0.25) is 0 Å². The largest absolute Gasteiger partial charge is 0.467 e. The fourth-order valence-electron chi connectivity index (χ4n) is 2.97. The summed E-state index contributed by atoms with van der Waals surface area (Å²) in [5, 5.41) is 10.1. The maximum atomic E-state index is 11.5. The van der Waals surface area contributed by atoms with Crippen LogP contribution >= 0.6 is 0 Å². The zero-order chi connectivity index (χ0) is 13.3. The maximum absolute atomic E-state index is 11.5. The van der Waals surface area contributed by atoms with Gasteiger partial charge < -0.3 is 9.84 Å². The zero-order valence-electron chi connectivity index (χ0n) is 11.7. The van der Waals surface area contributed by atoms with Gasteiger partial charge >= 0.3 is 5.97 Å². The second-order valence-corrected chi connectivity index (χ2v) is 6.70. The Balaban J connectivity index is 2.79. The van der Waals surface area contributed by atoms with Crippen LogP contribution in [-0.2, 0) is 9.53 Å². The van der Waals surface area contributed by atoms with Gasteiger partial charge in [0.1, 0.15) is 0 Å². The van der Waals surface area contributed by atoms with Crippen LogP contribution in [0.25, 0.3) is 0 Å². The van der Waals surface area contributed by atoms with Gasteiger partial charge in [-0.1, -0.05) is 34.1 Å². The van der Waals surface area contributed by atoms with E-state index in [-0.39, 0.29) is 0 Å². The molecule has 3 heteroatoms. The van der Waals surface area contributed by atoms with Crippen LogP contribution < -0.4 is 0 Å². The first-order chi connectivity index (χ1) is 7.70. The lowest BCUT2D eigenvalue weighted by molar-refractivity contribution is -0.161. The predicted octanol–water partition coefficient (Wildman–Crippen LogP) is 2.76. The fourth-order valence-corrected chi connectivity index (χ4v) is 2.97. The molecule has 0 aromatic carbocycles. The highest BCUT2D eigenvalue weighted by molar-refractivity contribution is 5.75. The van der Waals surface area contributed by atoms with Crippen LogP contribution in [0, 0.1) is 16.7 Å². The summed E-state index contributed by atoms with van der Waals surface area (Å²) in [6, 6.07) is 0. The molecule has 0 aromatic rings. The first kappa shape index (κ1) is 14.5. The molecule has 1 rings (SSSR count). The molecule has 17 heavy (non-hydrogen) atoms. The third-order valence-electron chi connectivity index (χ3n) is 4.39. The first-order valence-electron chi connectivity index (χ1n) is 6.46. The summed E-state index contributed by atoms with van der Waals surface area (Å²) in [5.74, 6) is -0.140. The number of aliphatic hydroxyl groups excluding tert-OH is 1. The summed E-state index contributed by atoms with van der Waals surface area (Å²) >= 11 is 0. The molecule has 100 valence electrons. The molecule has 0 amide bonds. The second kappa shape index (κ2) is 4.97. The summed E-state index contributed by atoms with van der Waals surface area (Å²) in [6.45, 7) is 8.47. The van der Waals surface area contributed by atoms with Crippen molar-refractivity contribution in [3.63, 3.8) is 0 Å². The molecule has 1 fully saturated rings. The van der Waals surface area contributed by atoms with E-state index < -0.39 is 17.5 Å². The highest BCUT2D eigenvalue weighted by atomic mass is 16.5. The molecule has 3 nitrogen and oxygen atoms in total. The lowest BCUT2D eigenvalue weighted by Gasteiger charge is -2.44. The number of methoxy groups -OCH3 is 1. The minimum Gasteiger partial charge on any atom is -0.467 e. The standard InChI is InChI=1S/C14H26O3/c1-13(2)8-6-7-10(9-13)14(3,4)11(15)12(16)17-5/h10-11,15H,6-9H2,1-5H3. The van der Waals surface area contributed by atoms with Gasteiger partial charge in [0.25, 0.3) is 0 Å². The number of aliphatic hydroxyl groups is 1. The van der Waals surface area contributed by atoms with E-state index in [1.807, 2.05) is 13.8 Å².